The van der Waals surface area contributed by atoms with Gasteiger partial charge in [-0.3, -0.25) is 14.9 Å². The number of ether oxygens (including phenoxy) is 1. The lowest BCUT2D eigenvalue weighted by molar-refractivity contribution is -0.385. The molecule has 1 rings (SSSR count). The predicted molar refractivity (Wildman–Crippen MR) is 78.5 cm³/mol. The second-order valence-corrected chi connectivity index (χ2v) is 4.41. The third kappa shape index (κ3) is 4.99. The molecule has 0 bridgehead atoms. The molecule has 0 aliphatic rings. The smallest absolute Gasteiger partial charge is 0.300 e. The van der Waals surface area contributed by atoms with Crippen LogP contribution in [0.1, 0.15) is 31.1 Å². The standard InChI is InChI=1S/C13H20N4O4/c1-4-14-12-6-10(11(7-15-12)17(19)20)13(18)16-9(3)8-21-5-2/h6-7,9H,4-5,8H2,1-3H3,(H,14,15)(H,16,18). The number of anilines is 1. The Balaban J connectivity index is 2.94. The first kappa shape index (κ1) is 16.8. The highest BCUT2D eigenvalue weighted by molar-refractivity contribution is 5.98. The number of nitrogens with zero attached hydrogens (tertiary/aromatic N) is 2. The maximum atomic E-state index is 12.2. The first-order valence-corrected chi connectivity index (χ1v) is 6.76. The Labute approximate surface area is 123 Å². The van der Waals surface area contributed by atoms with Crippen molar-refractivity contribution in [2.75, 3.05) is 25.1 Å². The molecular weight excluding hydrogens is 276 g/mol. The molecule has 0 aliphatic heterocycles. The fourth-order valence-electron chi connectivity index (χ4n) is 1.69. The van der Waals surface area contributed by atoms with Gasteiger partial charge in [0.05, 0.1) is 11.5 Å². The van der Waals surface area contributed by atoms with Gasteiger partial charge in [0.25, 0.3) is 11.6 Å². The first-order chi connectivity index (χ1) is 9.99. The maximum absolute atomic E-state index is 12.2. The van der Waals surface area contributed by atoms with Crippen molar-refractivity contribution in [3.05, 3.63) is 27.9 Å². The summed E-state index contributed by atoms with van der Waals surface area (Å²) in [6.45, 7) is 6.98. The number of pyridine rings is 1. The third-order valence-corrected chi connectivity index (χ3v) is 2.63. The Hall–Kier alpha value is -2.22. The molecule has 0 saturated carbocycles. The zero-order valence-corrected chi connectivity index (χ0v) is 12.4. The highest BCUT2D eigenvalue weighted by Crippen LogP contribution is 2.20. The monoisotopic (exact) mass is 296 g/mol. The Bertz CT molecular complexity index is 507. The van der Waals surface area contributed by atoms with Gasteiger partial charge in [-0.2, -0.15) is 0 Å². The quantitative estimate of drug-likeness (QED) is 0.557. The second kappa shape index (κ2) is 8.15. The van der Waals surface area contributed by atoms with Crippen molar-refractivity contribution in [1.29, 1.82) is 0 Å². The normalized spacial score (nSPS) is 11.8. The van der Waals surface area contributed by atoms with Crippen molar-refractivity contribution in [2.45, 2.75) is 26.8 Å². The van der Waals surface area contributed by atoms with Crippen LogP contribution in [0.3, 0.4) is 0 Å². The molecule has 8 heteroatoms. The van der Waals surface area contributed by atoms with Crippen LogP contribution in [0.4, 0.5) is 11.5 Å². The summed E-state index contributed by atoms with van der Waals surface area (Å²) in [6.07, 6.45) is 1.08. The van der Waals surface area contributed by atoms with Gasteiger partial charge in [-0.05, 0) is 20.8 Å². The van der Waals surface area contributed by atoms with E-state index in [1.54, 1.807) is 6.92 Å². The van der Waals surface area contributed by atoms with Gasteiger partial charge in [0.15, 0.2) is 0 Å². The van der Waals surface area contributed by atoms with E-state index in [2.05, 4.69) is 15.6 Å². The summed E-state index contributed by atoms with van der Waals surface area (Å²) in [7, 11) is 0. The van der Waals surface area contributed by atoms with Crippen molar-refractivity contribution in [3.63, 3.8) is 0 Å². The molecule has 0 aliphatic carbocycles. The summed E-state index contributed by atoms with van der Waals surface area (Å²) in [5.41, 5.74) is -0.341. The van der Waals surface area contributed by atoms with Crippen LogP contribution < -0.4 is 10.6 Å². The average Bonchev–Trinajstić information content (AvgIpc) is 2.45. The summed E-state index contributed by atoms with van der Waals surface area (Å²) >= 11 is 0. The van der Waals surface area contributed by atoms with E-state index in [1.165, 1.54) is 6.07 Å². The van der Waals surface area contributed by atoms with Crippen LogP contribution in [0.15, 0.2) is 12.3 Å². The lowest BCUT2D eigenvalue weighted by Gasteiger charge is -2.14. The largest absolute Gasteiger partial charge is 0.380 e. The molecule has 2 N–H and O–H groups in total. The van der Waals surface area contributed by atoms with Gasteiger partial charge in [0, 0.05) is 25.3 Å². The zero-order valence-electron chi connectivity index (χ0n) is 12.4. The van der Waals surface area contributed by atoms with Crippen molar-refractivity contribution < 1.29 is 14.5 Å². The third-order valence-electron chi connectivity index (χ3n) is 2.63. The van der Waals surface area contributed by atoms with Gasteiger partial charge in [0.2, 0.25) is 0 Å². The van der Waals surface area contributed by atoms with Crippen LogP contribution in [-0.4, -0.2) is 41.6 Å². The van der Waals surface area contributed by atoms with Crippen LogP contribution in [-0.2, 0) is 4.74 Å². The minimum Gasteiger partial charge on any atom is -0.380 e. The van der Waals surface area contributed by atoms with E-state index in [4.69, 9.17) is 4.74 Å². The molecule has 1 heterocycles. The minimum atomic E-state index is -0.620. The van der Waals surface area contributed by atoms with E-state index in [1.807, 2.05) is 13.8 Å². The summed E-state index contributed by atoms with van der Waals surface area (Å²) in [5, 5.41) is 16.6. The Morgan fingerprint density at radius 2 is 2.24 bits per heavy atom. The predicted octanol–water partition coefficient (Wildman–Crippen LogP) is 1.58. The molecule has 1 aromatic rings. The van der Waals surface area contributed by atoms with Gasteiger partial charge in [0.1, 0.15) is 17.6 Å². The van der Waals surface area contributed by atoms with Crippen LogP contribution in [0.5, 0.6) is 0 Å². The molecule has 0 saturated heterocycles. The molecule has 0 spiro atoms. The van der Waals surface area contributed by atoms with E-state index in [9.17, 15) is 14.9 Å². The molecule has 1 aromatic heterocycles. The van der Waals surface area contributed by atoms with Crippen molar-refractivity contribution in [3.8, 4) is 0 Å². The van der Waals surface area contributed by atoms with Gasteiger partial charge in [-0.15, -0.1) is 0 Å². The SMILES string of the molecule is CCNc1cc(C(=O)NC(C)COCC)c([N+](=O)[O-])cn1. The van der Waals surface area contributed by atoms with Crippen LogP contribution >= 0.6 is 0 Å². The molecule has 1 unspecified atom stereocenters. The number of aromatic nitrogens is 1. The van der Waals surface area contributed by atoms with E-state index in [0.717, 1.165) is 6.20 Å². The molecule has 1 atom stereocenters. The topological polar surface area (TPSA) is 106 Å². The van der Waals surface area contributed by atoms with E-state index in [-0.39, 0.29) is 17.3 Å². The van der Waals surface area contributed by atoms with Gasteiger partial charge < -0.3 is 15.4 Å². The molecule has 0 radical (unpaired) electrons. The fraction of sp³-hybridized carbons (Fsp3) is 0.538. The van der Waals surface area contributed by atoms with Crippen molar-refractivity contribution in [2.24, 2.45) is 0 Å². The lowest BCUT2D eigenvalue weighted by Crippen LogP contribution is -2.36. The number of amides is 1. The van der Waals surface area contributed by atoms with Gasteiger partial charge in [-0.25, -0.2) is 4.98 Å². The van der Waals surface area contributed by atoms with E-state index in [0.29, 0.717) is 25.6 Å². The maximum Gasteiger partial charge on any atom is 0.300 e. The van der Waals surface area contributed by atoms with Crippen molar-refractivity contribution in [1.82, 2.24) is 10.3 Å². The average molecular weight is 296 g/mol. The molecular formula is C13H20N4O4. The molecule has 21 heavy (non-hydrogen) atoms. The van der Waals surface area contributed by atoms with Gasteiger partial charge >= 0.3 is 0 Å². The molecule has 1 amide bonds. The highest BCUT2D eigenvalue weighted by Gasteiger charge is 2.22. The van der Waals surface area contributed by atoms with Crippen molar-refractivity contribution >= 4 is 17.4 Å². The summed E-state index contributed by atoms with van der Waals surface area (Å²) in [5.74, 6) is -0.0961. The van der Waals surface area contributed by atoms with E-state index >= 15 is 0 Å². The number of carbonyl (C=O) groups excluding carboxylic acids is 1. The number of nitrogens with one attached hydrogen (secondary N) is 2. The summed E-state index contributed by atoms with van der Waals surface area (Å²) in [6, 6.07) is 1.14. The summed E-state index contributed by atoms with van der Waals surface area (Å²) in [4.78, 5) is 26.5. The Morgan fingerprint density at radius 1 is 1.52 bits per heavy atom. The van der Waals surface area contributed by atoms with E-state index < -0.39 is 10.8 Å². The highest BCUT2D eigenvalue weighted by atomic mass is 16.6. The van der Waals surface area contributed by atoms with Crippen LogP contribution in [0, 0.1) is 10.1 Å². The number of hydrogen-bond donors (Lipinski definition) is 2. The summed E-state index contributed by atoms with van der Waals surface area (Å²) < 4.78 is 5.20. The molecule has 8 nitrogen and oxygen atoms in total. The van der Waals surface area contributed by atoms with Crippen LogP contribution in [0.25, 0.3) is 0 Å². The number of nitro groups is 1. The molecule has 0 fully saturated rings. The van der Waals surface area contributed by atoms with Crippen LogP contribution in [0.2, 0.25) is 0 Å². The number of rotatable bonds is 8. The number of carbonyl (C=O) groups is 1. The second-order valence-electron chi connectivity index (χ2n) is 4.41. The first-order valence-electron chi connectivity index (χ1n) is 6.76. The minimum absolute atomic E-state index is 0.0192. The number of hydrogen-bond acceptors (Lipinski definition) is 6. The lowest BCUT2D eigenvalue weighted by atomic mass is 10.2. The zero-order chi connectivity index (χ0) is 15.8. The Kier molecular flexibility index (Phi) is 6.54. The molecule has 116 valence electrons. The Morgan fingerprint density at radius 3 is 2.81 bits per heavy atom. The van der Waals surface area contributed by atoms with Gasteiger partial charge in [-0.1, -0.05) is 0 Å². The fourth-order valence-corrected chi connectivity index (χ4v) is 1.69. The molecule has 0 aromatic carbocycles.